The van der Waals surface area contributed by atoms with Crippen LogP contribution in [0, 0.1) is 11.7 Å². The molecule has 0 unspecified atom stereocenters. The normalized spacial score (nSPS) is 11.3. The second-order valence-corrected chi connectivity index (χ2v) is 6.39. The van der Waals surface area contributed by atoms with E-state index in [-0.39, 0.29) is 29.8 Å². The van der Waals surface area contributed by atoms with Gasteiger partial charge in [-0.25, -0.2) is 14.4 Å². The number of guanidine groups is 1. The largest absolute Gasteiger partial charge is 0.357 e. The van der Waals surface area contributed by atoms with E-state index in [0.29, 0.717) is 19.0 Å². The quantitative estimate of drug-likeness (QED) is 0.350. The van der Waals surface area contributed by atoms with Crippen molar-refractivity contribution in [2.75, 3.05) is 13.1 Å². The lowest BCUT2D eigenvalue weighted by Gasteiger charge is -2.12. The number of aliphatic imine (C=N–C) groups is 1. The van der Waals surface area contributed by atoms with Crippen LogP contribution >= 0.6 is 24.0 Å². The molecule has 0 amide bonds. The van der Waals surface area contributed by atoms with Gasteiger partial charge in [-0.3, -0.25) is 0 Å². The van der Waals surface area contributed by atoms with Gasteiger partial charge in [-0.15, -0.1) is 24.0 Å². The van der Waals surface area contributed by atoms with Gasteiger partial charge in [0.1, 0.15) is 18.2 Å². The molecule has 1 aromatic carbocycles. The molecule has 0 bridgehead atoms. The Morgan fingerprint density at radius 1 is 1.31 bits per heavy atom. The van der Waals surface area contributed by atoms with Gasteiger partial charge in [0, 0.05) is 32.0 Å². The molecule has 0 aliphatic rings. The minimum absolute atomic E-state index is 0. The van der Waals surface area contributed by atoms with Gasteiger partial charge in [0.2, 0.25) is 0 Å². The monoisotopic (exact) mass is 473 g/mol. The highest BCUT2D eigenvalue weighted by Crippen LogP contribution is 2.05. The number of hydrogen-bond donors (Lipinski definition) is 2. The van der Waals surface area contributed by atoms with E-state index in [9.17, 15) is 4.39 Å². The van der Waals surface area contributed by atoms with Crippen LogP contribution < -0.4 is 10.6 Å². The molecule has 2 rings (SSSR count). The van der Waals surface area contributed by atoms with Crippen LogP contribution in [-0.4, -0.2) is 28.6 Å². The molecule has 2 aromatic rings. The average Bonchev–Trinajstić information content (AvgIpc) is 2.99. The van der Waals surface area contributed by atoms with Crippen molar-refractivity contribution in [2.24, 2.45) is 10.9 Å². The van der Waals surface area contributed by atoms with E-state index >= 15 is 0 Å². The molecule has 1 aromatic heterocycles. The molecule has 7 heteroatoms. The zero-order valence-electron chi connectivity index (χ0n) is 15.7. The molecule has 26 heavy (non-hydrogen) atoms. The van der Waals surface area contributed by atoms with Crippen LogP contribution in [0.5, 0.6) is 0 Å². The number of imidazole rings is 1. The third-order valence-electron chi connectivity index (χ3n) is 3.68. The highest BCUT2D eigenvalue weighted by Gasteiger charge is 2.05. The summed E-state index contributed by atoms with van der Waals surface area (Å²) in [6.07, 6.45) is 4.55. The minimum atomic E-state index is -0.199. The summed E-state index contributed by atoms with van der Waals surface area (Å²) in [6.45, 7) is 9.34. The van der Waals surface area contributed by atoms with Crippen molar-refractivity contribution >= 4 is 29.9 Å². The zero-order chi connectivity index (χ0) is 18.1. The van der Waals surface area contributed by atoms with Crippen LogP contribution in [0.25, 0.3) is 0 Å². The van der Waals surface area contributed by atoms with Gasteiger partial charge in [-0.1, -0.05) is 26.0 Å². The predicted octanol–water partition coefficient (Wildman–Crippen LogP) is 3.59. The molecular weight excluding hydrogens is 444 g/mol. The van der Waals surface area contributed by atoms with Gasteiger partial charge in [-0.2, -0.15) is 0 Å². The predicted molar refractivity (Wildman–Crippen MR) is 115 cm³/mol. The molecule has 0 saturated carbocycles. The summed E-state index contributed by atoms with van der Waals surface area (Å²) in [5.74, 6) is 2.07. The molecule has 2 N–H and O–H groups in total. The third-order valence-corrected chi connectivity index (χ3v) is 3.68. The Bertz CT molecular complexity index is 684. The minimum Gasteiger partial charge on any atom is -0.357 e. The van der Waals surface area contributed by atoms with Crippen molar-refractivity contribution in [3.05, 3.63) is 53.9 Å². The second kappa shape index (κ2) is 11.9. The molecule has 0 aliphatic heterocycles. The highest BCUT2D eigenvalue weighted by molar-refractivity contribution is 14.0. The summed E-state index contributed by atoms with van der Waals surface area (Å²) in [5.41, 5.74) is 0.968. The van der Waals surface area contributed by atoms with Crippen molar-refractivity contribution in [1.82, 2.24) is 20.2 Å². The number of halogens is 2. The molecule has 0 saturated heterocycles. The van der Waals surface area contributed by atoms with E-state index < -0.39 is 0 Å². The fourth-order valence-electron chi connectivity index (χ4n) is 2.56. The maximum Gasteiger partial charge on any atom is 0.191 e. The molecule has 5 nitrogen and oxygen atoms in total. The van der Waals surface area contributed by atoms with Crippen molar-refractivity contribution in [3.63, 3.8) is 0 Å². The summed E-state index contributed by atoms with van der Waals surface area (Å²) in [6, 6.07) is 6.69. The maximum atomic E-state index is 13.2. The van der Waals surface area contributed by atoms with E-state index in [1.54, 1.807) is 12.1 Å². The summed E-state index contributed by atoms with van der Waals surface area (Å²) in [7, 11) is 0. The van der Waals surface area contributed by atoms with Crippen LogP contribution in [0.4, 0.5) is 4.39 Å². The smallest absolute Gasteiger partial charge is 0.191 e. The highest BCUT2D eigenvalue weighted by atomic mass is 127. The summed E-state index contributed by atoms with van der Waals surface area (Å²) in [4.78, 5) is 9.01. The fourth-order valence-corrected chi connectivity index (χ4v) is 2.56. The van der Waals surface area contributed by atoms with Crippen LogP contribution in [0.1, 0.15) is 32.2 Å². The van der Waals surface area contributed by atoms with Gasteiger partial charge >= 0.3 is 0 Å². The number of rotatable bonds is 8. The van der Waals surface area contributed by atoms with Crippen LogP contribution in [0.15, 0.2) is 41.7 Å². The molecular formula is C19H29FIN5. The van der Waals surface area contributed by atoms with E-state index in [2.05, 4.69) is 39.0 Å². The first-order valence-electron chi connectivity index (χ1n) is 8.85. The van der Waals surface area contributed by atoms with Crippen molar-refractivity contribution in [1.29, 1.82) is 0 Å². The number of hydrogen-bond acceptors (Lipinski definition) is 2. The molecule has 0 fully saturated rings. The van der Waals surface area contributed by atoms with Crippen molar-refractivity contribution in [2.45, 2.75) is 40.3 Å². The number of nitrogens with zero attached hydrogens (tertiary/aromatic N) is 3. The molecule has 0 radical (unpaired) electrons. The van der Waals surface area contributed by atoms with Gasteiger partial charge in [0.05, 0.1) is 0 Å². The zero-order valence-corrected chi connectivity index (χ0v) is 18.0. The van der Waals surface area contributed by atoms with Gasteiger partial charge in [0.25, 0.3) is 0 Å². The van der Waals surface area contributed by atoms with Crippen molar-refractivity contribution < 1.29 is 4.39 Å². The molecule has 1 heterocycles. The number of nitrogens with one attached hydrogen (secondary N) is 2. The lowest BCUT2D eigenvalue weighted by Crippen LogP contribution is -2.38. The number of aromatic nitrogens is 2. The van der Waals surface area contributed by atoms with Crippen LogP contribution in [-0.2, 0) is 19.5 Å². The maximum absolute atomic E-state index is 13.2. The van der Waals surface area contributed by atoms with E-state index in [0.717, 1.165) is 36.9 Å². The summed E-state index contributed by atoms with van der Waals surface area (Å²) < 4.78 is 15.4. The number of benzene rings is 1. The fraction of sp³-hybridized carbons (Fsp3) is 0.474. The lowest BCUT2D eigenvalue weighted by molar-refractivity contribution is 0.507. The molecule has 0 atom stereocenters. The molecule has 0 aliphatic carbocycles. The Morgan fingerprint density at radius 2 is 2.12 bits per heavy atom. The second-order valence-electron chi connectivity index (χ2n) is 6.39. The molecule has 144 valence electrons. The first-order valence-corrected chi connectivity index (χ1v) is 8.85. The standard InChI is InChI=1S/C19H28FN5.HI/c1-4-21-19(23-9-8-16-6-5-7-17(20)12-16)24-13-18-22-10-11-25(18)14-15(2)3;/h5-7,10-12,15H,4,8-9,13-14H2,1-3H3,(H2,21,23,24);1H. The SMILES string of the molecule is CCNC(=NCc1nccn1CC(C)C)NCCc1cccc(F)c1.I. The van der Waals surface area contributed by atoms with Gasteiger partial charge in [-0.05, 0) is 37.0 Å². The average molecular weight is 473 g/mol. The van der Waals surface area contributed by atoms with E-state index in [1.165, 1.54) is 6.07 Å². The van der Waals surface area contributed by atoms with Crippen LogP contribution in [0.3, 0.4) is 0 Å². The van der Waals surface area contributed by atoms with Gasteiger partial charge in [0.15, 0.2) is 5.96 Å². The Kier molecular flexibility index (Phi) is 10.2. The van der Waals surface area contributed by atoms with E-state index in [4.69, 9.17) is 0 Å². The van der Waals surface area contributed by atoms with E-state index in [1.807, 2.05) is 25.4 Å². The van der Waals surface area contributed by atoms with Gasteiger partial charge < -0.3 is 15.2 Å². The summed E-state index contributed by atoms with van der Waals surface area (Å²) >= 11 is 0. The first-order chi connectivity index (χ1) is 12.1. The Hall–Kier alpha value is -1.64. The summed E-state index contributed by atoms with van der Waals surface area (Å²) in [5, 5.41) is 6.52. The Labute approximate surface area is 172 Å². The lowest BCUT2D eigenvalue weighted by atomic mass is 10.1. The van der Waals surface area contributed by atoms with Crippen molar-refractivity contribution in [3.8, 4) is 0 Å². The third kappa shape index (κ3) is 7.72. The Morgan fingerprint density at radius 3 is 2.81 bits per heavy atom. The Balaban J connectivity index is 0.00000338. The first kappa shape index (κ1) is 22.4. The topological polar surface area (TPSA) is 54.2 Å². The van der Waals surface area contributed by atoms with Crippen LogP contribution in [0.2, 0.25) is 0 Å². The molecule has 0 spiro atoms.